The minimum absolute atomic E-state index is 0.112. The second kappa shape index (κ2) is 8.37. The number of methoxy groups -OCH3 is 1. The van der Waals surface area contributed by atoms with Crippen molar-refractivity contribution in [2.45, 2.75) is 6.42 Å². The third kappa shape index (κ3) is 4.85. The van der Waals surface area contributed by atoms with Crippen LogP contribution in [0.3, 0.4) is 0 Å². The van der Waals surface area contributed by atoms with Crippen LogP contribution in [0.25, 0.3) is 0 Å². The number of anilines is 2. The van der Waals surface area contributed by atoms with Gasteiger partial charge in [0.15, 0.2) is 0 Å². The van der Waals surface area contributed by atoms with Crippen molar-refractivity contribution >= 4 is 33.2 Å². The molecule has 10 heteroatoms. The zero-order valence-corrected chi connectivity index (χ0v) is 15.9. The molecule has 1 heterocycles. The first-order chi connectivity index (χ1) is 12.2. The fraction of sp³-hybridized carbons (Fsp3) is 0.500. The maximum Gasteiger partial charge on any atom is 0.313 e. The Morgan fingerprint density at radius 2 is 2.00 bits per heavy atom. The van der Waals surface area contributed by atoms with E-state index in [0.717, 1.165) is 0 Å². The summed E-state index contributed by atoms with van der Waals surface area (Å²) < 4.78 is 30.6. The Kier molecular flexibility index (Phi) is 6.43. The molecule has 1 aromatic carbocycles. The Balaban J connectivity index is 2.08. The van der Waals surface area contributed by atoms with Gasteiger partial charge in [0.05, 0.1) is 24.2 Å². The van der Waals surface area contributed by atoms with Crippen molar-refractivity contribution in [1.82, 2.24) is 10.2 Å². The van der Waals surface area contributed by atoms with E-state index in [-0.39, 0.29) is 11.5 Å². The predicted molar refractivity (Wildman–Crippen MR) is 98.9 cm³/mol. The molecule has 2 N–H and O–H groups in total. The van der Waals surface area contributed by atoms with Crippen LogP contribution in [0.15, 0.2) is 18.2 Å². The van der Waals surface area contributed by atoms with Crippen LogP contribution in [0.4, 0.5) is 11.4 Å². The molecule has 1 aromatic rings. The molecule has 26 heavy (non-hydrogen) atoms. The first-order valence-corrected chi connectivity index (χ1v) is 9.78. The van der Waals surface area contributed by atoms with E-state index in [1.807, 2.05) is 19.0 Å². The average Bonchev–Trinajstić information content (AvgIpc) is 2.94. The van der Waals surface area contributed by atoms with Crippen molar-refractivity contribution in [2.24, 2.45) is 0 Å². The summed E-state index contributed by atoms with van der Waals surface area (Å²) in [6, 6.07) is 4.63. The normalized spacial score (nSPS) is 15.8. The van der Waals surface area contributed by atoms with Crippen LogP contribution in [0.2, 0.25) is 0 Å². The molecular weight excluding hydrogens is 360 g/mol. The van der Waals surface area contributed by atoms with Gasteiger partial charge in [0.2, 0.25) is 10.0 Å². The number of carbonyl (C=O) groups excluding carboxylic acids is 2. The van der Waals surface area contributed by atoms with E-state index >= 15 is 0 Å². The smallest absolute Gasteiger partial charge is 0.313 e. The third-order valence-electron chi connectivity index (χ3n) is 3.87. The molecule has 1 aliphatic heterocycles. The van der Waals surface area contributed by atoms with Crippen molar-refractivity contribution in [3.8, 4) is 5.75 Å². The highest BCUT2D eigenvalue weighted by Crippen LogP contribution is 2.32. The lowest BCUT2D eigenvalue weighted by Crippen LogP contribution is -2.38. The molecule has 0 aromatic heterocycles. The number of amides is 2. The van der Waals surface area contributed by atoms with Crippen LogP contribution in [-0.2, 0) is 19.6 Å². The highest BCUT2D eigenvalue weighted by atomic mass is 32.2. The van der Waals surface area contributed by atoms with Gasteiger partial charge in [0, 0.05) is 25.7 Å². The lowest BCUT2D eigenvalue weighted by Gasteiger charge is -2.19. The molecule has 0 unspecified atom stereocenters. The number of likely N-dealkylation sites (N-methyl/N-ethyl adjacent to an activating group) is 1. The Bertz CT molecular complexity index is 779. The number of nitrogens with one attached hydrogen (secondary N) is 2. The van der Waals surface area contributed by atoms with Gasteiger partial charge in [-0.3, -0.25) is 13.9 Å². The number of carbonyl (C=O) groups is 2. The molecule has 9 nitrogen and oxygen atoms in total. The lowest BCUT2D eigenvalue weighted by molar-refractivity contribution is -0.136. The summed E-state index contributed by atoms with van der Waals surface area (Å²) in [7, 11) is 1.82. The Morgan fingerprint density at radius 3 is 2.58 bits per heavy atom. The zero-order valence-electron chi connectivity index (χ0n) is 15.1. The number of ether oxygens (including phenoxy) is 1. The van der Waals surface area contributed by atoms with Crippen LogP contribution in [0.5, 0.6) is 5.75 Å². The molecule has 2 rings (SSSR count). The molecule has 0 spiro atoms. The van der Waals surface area contributed by atoms with Crippen molar-refractivity contribution in [3.05, 3.63) is 18.2 Å². The van der Waals surface area contributed by atoms with Gasteiger partial charge in [-0.1, -0.05) is 0 Å². The van der Waals surface area contributed by atoms with Gasteiger partial charge in [0.1, 0.15) is 5.75 Å². The van der Waals surface area contributed by atoms with Gasteiger partial charge in [-0.15, -0.1) is 0 Å². The number of rotatable bonds is 6. The summed E-state index contributed by atoms with van der Waals surface area (Å²) in [5.41, 5.74) is 0.758. The Morgan fingerprint density at radius 1 is 1.27 bits per heavy atom. The van der Waals surface area contributed by atoms with Gasteiger partial charge >= 0.3 is 11.8 Å². The fourth-order valence-corrected chi connectivity index (χ4v) is 4.08. The second-order valence-corrected chi connectivity index (χ2v) is 8.15. The van der Waals surface area contributed by atoms with Gasteiger partial charge < -0.3 is 20.3 Å². The molecule has 1 saturated heterocycles. The van der Waals surface area contributed by atoms with E-state index in [9.17, 15) is 18.0 Å². The average molecular weight is 384 g/mol. The molecular formula is C16H24N4O5S. The number of sulfonamides is 1. The number of hydrogen-bond acceptors (Lipinski definition) is 6. The topological polar surface area (TPSA) is 108 Å². The minimum atomic E-state index is -3.31. The molecule has 0 radical (unpaired) electrons. The standard InChI is InChI=1S/C16H24N4O5S/c1-19(2)9-7-17-15(21)16(22)18-13-6-5-12(11-14(13)25-3)20-8-4-10-26(20,23)24/h5-6,11H,4,7-10H2,1-3H3,(H,17,21)(H,18,22). The summed E-state index contributed by atoms with van der Waals surface area (Å²) in [6.07, 6.45) is 0.566. The van der Waals surface area contributed by atoms with Gasteiger partial charge in [-0.2, -0.15) is 0 Å². The van der Waals surface area contributed by atoms with Gasteiger partial charge in [0.25, 0.3) is 0 Å². The van der Waals surface area contributed by atoms with E-state index in [1.54, 1.807) is 6.07 Å². The van der Waals surface area contributed by atoms with Crippen LogP contribution in [-0.4, -0.2) is 71.7 Å². The fourth-order valence-electron chi connectivity index (χ4n) is 2.52. The van der Waals surface area contributed by atoms with Crippen molar-refractivity contribution in [2.75, 3.05) is 56.2 Å². The first kappa shape index (κ1) is 20.0. The monoisotopic (exact) mass is 384 g/mol. The minimum Gasteiger partial charge on any atom is -0.494 e. The molecule has 144 valence electrons. The highest BCUT2D eigenvalue weighted by Gasteiger charge is 2.29. The molecule has 1 aliphatic rings. The molecule has 0 aliphatic carbocycles. The highest BCUT2D eigenvalue weighted by molar-refractivity contribution is 7.93. The van der Waals surface area contributed by atoms with Crippen LogP contribution in [0, 0.1) is 0 Å². The maximum absolute atomic E-state index is 12.0. The van der Waals surface area contributed by atoms with E-state index in [2.05, 4.69) is 10.6 Å². The first-order valence-electron chi connectivity index (χ1n) is 8.17. The molecule has 1 fully saturated rings. The Labute approximate surface area is 153 Å². The largest absolute Gasteiger partial charge is 0.494 e. The summed E-state index contributed by atoms with van der Waals surface area (Å²) in [5, 5.41) is 5.00. The number of nitrogens with zero attached hydrogens (tertiary/aromatic N) is 2. The summed E-state index contributed by atoms with van der Waals surface area (Å²) >= 11 is 0. The summed E-state index contributed by atoms with van der Waals surface area (Å²) in [4.78, 5) is 25.7. The van der Waals surface area contributed by atoms with Crippen molar-refractivity contribution in [3.63, 3.8) is 0 Å². The van der Waals surface area contributed by atoms with Crippen LogP contribution in [0.1, 0.15) is 6.42 Å². The predicted octanol–water partition coefficient (Wildman–Crippen LogP) is -0.149. The molecule has 0 saturated carbocycles. The van der Waals surface area contributed by atoms with Crippen LogP contribution < -0.4 is 19.7 Å². The van der Waals surface area contributed by atoms with Gasteiger partial charge in [-0.05, 0) is 32.6 Å². The van der Waals surface area contributed by atoms with E-state index in [1.165, 1.54) is 23.5 Å². The molecule has 0 bridgehead atoms. The third-order valence-corrected chi connectivity index (χ3v) is 5.74. The number of benzene rings is 1. The number of hydrogen-bond donors (Lipinski definition) is 2. The SMILES string of the molecule is COc1cc(N2CCCS2(=O)=O)ccc1NC(=O)C(=O)NCCN(C)C. The second-order valence-electron chi connectivity index (χ2n) is 6.14. The Hall–Kier alpha value is -2.33. The van der Waals surface area contributed by atoms with E-state index in [0.29, 0.717) is 37.4 Å². The summed E-state index contributed by atoms with van der Waals surface area (Å²) in [6.45, 7) is 1.37. The summed E-state index contributed by atoms with van der Waals surface area (Å²) in [5.74, 6) is -1.18. The van der Waals surface area contributed by atoms with Gasteiger partial charge in [-0.25, -0.2) is 8.42 Å². The molecule has 0 atom stereocenters. The molecule has 2 amide bonds. The van der Waals surface area contributed by atoms with Crippen molar-refractivity contribution in [1.29, 1.82) is 0 Å². The van der Waals surface area contributed by atoms with Crippen LogP contribution >= 0.6 is 0 Å². The lowest BCUT2D eigenvalue weighted by atomic mass is 10.2. The van der Waals surface area contributed by atoms with Crippen molar-refractivity contribution < 1.29 is 22.7 Å². The maximum atomic E-state index is 12.0. The van der Waals surface area contributed by atoms with E-state index < -0.39 is 21.8 Å². The quantitative estimate of drug-likeness (QED) is 0.661. The van der Waals surface area contributed by atoms with E-state index in [4.69, 9.17) is 4.74 Å². The zero-order chi connectivity index (χ0) is 19.3.